The normalized spacial score (nSPS) is 10.7. The summed E-state index contributed by atoms with van der Waals surface area (Å²) in [6, 6.07) is 3.26. The van der Waals surface area contributed by atoms with Gasteiger partial charge in [-0.1, -0.05) is 25.2 Å². The molecule has 0 radical (unpaired) electrons. The number of amides is 1. The molecule has 16 heavy (non-hydrogen) atoms. The second-order valence-electron chi connectivity index (χ2n) is 3.53. The van der Waals surface area contributed by atoms with Crippen LogP contribution in [0.3, 0.4) is 0 Å². The van der Waals surface area contributed by atoms with Crippen molar-refractivity contribution < 1.29 is 9.21 Å². The summed E-state index contributed by atoms with van der Waals surface area (Å²) in [6.07, 6.45) is 1.45. The number of nitrogens with zero attached hydrogens (tertiary/aromatic N) is 2. The minimum atomic E-state index is -0.309. The number of aromatic nitrogens is 2. The van der Waals surface area contributed by atoms with Crippen molar-refractivity contribution in [3.8, 4) is 0 Å². The molecule has 2 heterocycles. The van der Waals surface area contributed by atoms with Gasteiger partial charge in [0, 0.05) is 5.92 Å². The first-order valence-corrected chi connectivity index (χ1v) is 5.66. The van der Waals surface area contributed by atoms with Gasteiger partial charge in [-0.2, -0.15) is 0 Å². The summed E-state index contributed by atoms with van der Waals surface area (Å²) in [4.78, 5) is 11.6. The Bertz CT molecular complexity index is 476. The van der Waals surface area contributed by atoms with Gasteiger partial charge in [-0.3, -0.25) is 10.1 Å². The molecule has 0 aliphatic carbocycles. The van der Waals surface area contributed by atoms with Crippen LogP contribution < -0.4 is 5.32 Å². The van der Waals surface area contributed by atoms with E-state index in [2.05, 4.69) is 15.5 Å². The molecule has 0 aromatic carbocycles. The largest absolute Gasteiger partial charge is 0.459 e. The Hall–Kier alpha value is -1.69. The molecule has 6 heteroatoms. The first-order chi connectivity index (χ1) is 7.66. The maximum Gasteiger partial charge on any atom is 0.293 e. The van der Waals surface area contributed by atoms with Gasteiger partial charge in [0.05, 0.1) is 6.26 Å². The van der Waals surface area contributed by atoms with Crippen LogP contribution in [0.25, 0.3) is 0 Å². The number of hydrogen-bond acceptors (Lipinski definition) is 5. The Morgan fingerprint density at radius 3 is 2.88 bits per heavy atom. The van der Waals surface area contributed by atoms with Gasteiger partial charge in [-0.25, -0.2) is 0 Å². The summed E-state index contributed by atoms with van der Waals surface area (Å²) in [7, 11) is 0. The zero-order valence-corrected chi connectivity index (χ0v) is 9.75. The molecule has 1 amide bonds. The highest BCUT2D eigenvalue weighted by Gasteiger charge is 2.13. The number of rotatable bonds is 3. The van der Waals surface area contributed by atoms with E-state index in [1.165, 1.54) is 17.6 Å². The van der Waals surface area contributed by atoms with Gasteiger partial charge in [-0.05, 0) is 12.1 Å². The summed E-state index contributed by atoms with van der Waals surface area (Å²) in [5.41, 5.74) is 0. The molecule has 2 rings (SSSR count). The maximum absolute atomic E-state index is 11.6. The monoisotopic (exact) mass is 237 g/mol. The average molecular weight is 237 g/mol. The molecule has 0 saturated carbocycles. The Labute approximate surface area is 96.5 Å². The van der Waals surface area contributed by atoms with Crippen LogP contribution in [-0.2, 0) is 0 Å². The van der Waals surface area contributed by atoms with E-state index in [1.807, 2.05) is 13.8 Å². The maximum atomic E-state index is 11.6. The van der Waals surface area contributed by atoms with Gasteiger partial charge < -0.3 is 4.42 Å². The van der Waals surface area contributed by atoms with Crippen molar-refractivity contribution in [3.63, 3.8) is 0 Å². The smallest absolute Gasteiger partial charge is 0.293 e. The molecule has 0 spiro atoms. The zero-order chi connectivity index (χ0) is 11.5. The third kappa shape index (κ3) is 2.27. The van der Waals surface area contributed by atoms with Crippen LogP contribution in [0.2, 0.25) is 0 Å². The van der Waals surface area contributed by atoms with Crippen LogP contribution in [-0.4, -0.2) is 16.1 Å². The predicted octanol–water partition coefficient (Wildman–Crippen LogP) is 2.51. The van der Waals surface area contributed by atoms with E-state index in [-0.39, 0.29) is 11.7 Å². The minimum absolute atomic E-state index is 0.265. The van der Waals surface area contributed by atoms with Gasteiger partial charge >= 0.3 is 0 Å². The van der Waals surface area contributed by atoms with Crippen LogP contribution in [0.15, 0.2) is 22.8 Å². The summed E-state index contributed by atoms with van der Waals surface area (Å²) >= 11 is 1.37. The second kappa shape index (κ2) is 4.44. The number of furan rings is 1. The quantitative estimate of drug-likeness (QED) is 0.890. The van der Waals surface area contributed by atoms with E-state index in [4.69, 9.17) is 4.42 Å². The van der Waals surface area contributed by atoms with Crippen LogP contribution in [0.5, 0.6) is 0 Å². The number of hydrogen-bond donors (Lipinski definition) is 1. The highest BCUT2D eigenvalue weighted by Crippen LogP contribution is 2.22. The number of carbonyl (C=O) groups is 1. The fourth-order valence-electron chi connectivity index (χ4n) is 1.08. The Balaban J connectivity index is 2.07. The Morgan fingerprint density at radius 1 is 1.50 bits per heavy atom. The summed E-state index contributed by atoms with van der Waals surface area (Å²) in [6.45, 7) is 4.05. The fraction of sp³-hybridized carbons (Fsp3) is 0.300. The van der Waals surface area contributed by atoms with Crippen molar-refractivity contribution in [1.29, 1.82) is 0 Å². The summed E-state index contributed by atoms with van der Waals surface area (Å²) < 4.78 is 4.97. The average Bonchev–Trinajstić information content (AvgIpc) is 2.87. The number of carbonyl (C=O) groups excluding carboxylic acids is 1. The molecule has 5 nitrogen and oxygen atoms in total. The predicted molar refractivity (Wildman–Crippen MR) is 60.7 cm³/mol. The lowest BCUT2D eigenvalue weighted by Crippen LogP contribution is -2.10. The van der Waals surface area contributed by atoms with E-state index >= 15 is 0 Å². The third-order valence-corrected chi connectivity index (χ3v) is 3.04. The van der Waals surface area contributed by atoms with Crippen LogP contribution in [0.4, 0.5) is 5.13 Å². The summed E-state index contributed by atoms with van der Waals surface area (Å²) in [5, 5.41) is 11.9. The summed E-state index contributed by atoms with van der Waals surface area (Å²) in [5.74, 6) is 0.268. The second-order valence-corrected chi connectivity index (χ2v) is 4.54. The molecule has 0 aliphatic heterocycles. The highest BCUT2D eigenvalue weighted by molar-refractivity contribution is 7.15. The fourth-order valence-corrected chi connectivity index (χ4v) is 1.83. The molecule has 2 aromatic heterocycles. The van der Waals surface area contributed by atoms with Crippen molar-refractivity contribution in [2.24, 2.45) is 0 Å². The van der Waals surface area contributed by atoms with Crippen molar-refractivity contribution in [3.05, 3.63) is 29.2 Å². The van der Waals surface area contributed by atoms with E-state index < -0.39 is 0 Å². The molecule has 0 fully saturated rings. The topological polar surface area (TPSA) is 68.0 Å². The van der Waals surface area contributed by atoms with Gasteiger partial charge in [0.1, 0.15) is 5.01 Å². The molecular weight excluding hydrogens is 226 g/mol. The molecule has 84 valence electrons. The standard InChI is InChI=1S/C10H11N3O2S/c1-6(2)9-12-13-10(16-9)11-8(14)7-4-3-5-15-7/h3-6H,1-2H3,(H,11,13,14). The lowest BCUT2D eigenvalue weighted by atomic mass is 10.2. The first kappa shape index (κ1) is 10.8. The van der Waals surface area contributed by atoms with Gasteiger partial charge in [-0.15, -0.1) is 10.2 Å². The van der Waals surface area contributed by atoms with Gasteiger partial charge in [0.25, 0.3) is 5.91 Å². The van der Waals surface area contributed by atoms with E-state index in [0.717, 1.165) is 5.01 Å². The van der Waals surface area contributed by atoms with Crippen molar-refractivity contribution in [2.75, 3.05) is 5.32 Å². The Kier molecular flexibility index (Phi) is 3.00. The highest BCUT2D eigenvalue weighted by atomic mass is 32.1. The van der Waals surface area contributed by atoms with E-state index in [9.17, 15) is 4.79 Å². The third-order valence-electron chi connectivity index (χ3n) is 1.90. The molecule has 1 N–H and O–H groups in total. The molecular formula is C10H11N3O2S. The van der Waals surface area contributed by atoms with Crippen molar-refractivity contribution in [2.45, 2.75) is 19.8 Å². The first-order valence-electron chi connectivity index (χ1n) is 4.85. The zero-order valence-electron chi connectivity index (χ0n) is 8.93. The lowest BCUT2D eigenvalue weighted by Gasteiger charge is -1.96. The number of anilines is 1. The Morgan fingerprint density at radius 2 is 2.31 bits per heavy atom. The molecule has 2 aromatic rings. The van der Waals surface area contributed by atoms with Crippen LogP contribution >= 0.6 is 11.3 Å². The molecule has 0 atom stereocenters. The molecule has 0 bridgehead atoms. The number of nitrogens with one attached hydrogen (secondary N) is 1. The van der Waals surface area contributed by atoms with E-state index in [0.29, 0.717) is 11.0 Å². The molecule has 0 aliphatic rings. The van der Waals surface area contributed by atoms with Crippen LogP contribution in [0.1, 0.15) is 35.3 Å². The van der Waals surface area contributed by atoms with Gasteiger partial charge in [0.2, 0.25) is 5.13 Å². The SMILES string of the molecule is CC(C)c1nnc(NC(=O)c2ccco2)s1. The lowest BCUT2D eigenvalue weighted by molar-refractivity contribution is 0.0996. The van der Waals surface area contributed by atoms with Crippen LogP contribution in [0, 0.1) is 0 Å². The van der Waals surface area contributed by atoms with Crippen molar-refractivity contribution >= 4 is 22.4 Å². The minimum Gasteiger partial charge on any atom is -0.459 e. The van der Waals surface area contributed by atoms with E-state index in [1.54, 1.807) is 12.1 Å². The molecule has 0 unspecified atom stereocenters. The van der Waals surface area contributed by atoms with Crippen molar-refractivity contribution in [1.82, 2.24) is 10.2 Å². The molecule has 0 saturated heterocycles. The van der Waals surface area contributed by atoms with Gasteiger partial charge in [0.15, 0.2) is 5.76 Å².